The molecule has 0 amide bonds. The van der Waals surface area contributed by atoms with Gasteiger partial charge in [-0.2, -0.15) is 0 Å². The molecule has 0 fully saturated rings. The Morgan fingerprint density at radius 2 is 2.38 bits per heavy atom. The molecule has 0 saturated heterocycles. The van der Waals surface area contributed by atoms with E-state index in [-0.39, 0.29) is 5.97 Å². The zero-order valence-corrected chi connectivity index (χ0v) is 9.09. The fourth-order valence-electron chi connectivity index (χ4n) is 0.956. The van der Waals surface area contributed by atoms with Crippen molar-refractivity contribution < 1.29 is 9.53 Å². The molecule has 0 unspecified atom stereocenters. The Bertz CT molecular complexity index is 325. The van der Waals surface area contributed by atoms with Crippen LogP contribution < -0.4 is 0 Å². The lowest BCUT2D eigenvalue weighted by atomic mass is 10.2. The second kappa shape index (κ2) is 4.37. The highest BCUT2D eigenvalue weighted by molar-refractivity contribution is 9.10. The van der Waals surface area contributed by atoms with E-state index in [4.69, 9.17) is 0 Å². The monoisotopic (exact) mass is 243 g/mol. The molecule has 0 radical (unpaired) electrons. The van der Waals surface area contributed by atoms with Crippen LogP contribution in [0, 0.1) is 0 Å². The maximum atomic E-state index is 11.1. The summed E-state index contributed by atoms with van der Waals surface area (Å²) >= 11 is 3.33. The molecule has 0 saturated carbocycles. The van der Waals surface area contributed by atoms with Gasteiger partial charge in [-0.1, -0.05) is 6.92 Å². The van der Waals surface area contributed by atoms with E-state index in [1.165, 1.54) is 13.3 Å². The van der Waals surface area contributed by atoms with E-state index in [1.807, 2.05) is 6.92 Å². The molecule has 3 nitrogen and oxygen atoms in total. The number of hydrogen-bond donors (Lipinski definition) is 0. The first-order valence-electron chi connectivity index (χ1n) is 3.91. The molecule has 13 heavy (non-hydrogen) atoms. The third-order valence-corrected chi connectivity index (χ3v) is 2.36. The highest BCUT2D eigenvalue weighted by Crippen LogP contribution is 2.16. The predicted octanol–water partition coefficient (Wildman–Crippen LogP) is 2.19. The van der Waals surface area contributed by atoms with E-state index in [0.29, 0.717) is 5.56 Å². The molecule has 1 rings (SSSR count). The summed E-state index contributed by atoms with van der Waals surface area (Å²) < 4.78 is 5.41. The number of pyridine rings is 1. The van der Waals surface area contributed by atoms with Gasteiger partial charge < -0.3 is 4.74 Å². The lowest BCUT2D eigenvalue weighted by Crippen LogP contribution is -2.03. The lowest BCUT2D eigenvalue weighted by Gasteiger charge is -2.02. The van der Waals surface area contributed by atoms with Crippen LogP contribution in [-0.2, 0) is 11.2 Å². The molecule has 0 spiro atoms. The van der Waals surface area contributed by atoms with Crippen molar-refractivity contribution >= 4 is 21.9 Å². The van der Waals surface area contributed by atoms with E-state index >= 15 is 0 Å². The number of methoxy groups -OCH3 is 1. The van der Waals surface area contributed by atoms with Crippen LogP contribution in [0.15, 0.2) is 16.7 Å². The molecule has 0 aliphatic rings. The molecular weight excluding hydrogens is 234 g/mol. The summed E-state index contributed by atoms with van der Waals surface area (Å²) in [5.74, 6) is -0.365. The molecule has 4 heteroatoms. The minimum Gasteiger partial charge on any atom is -0.465 e. The van der Waals surface area contributed by atoms with E-state index in [9.17, 15) is 4.79 Å². The Balaban J connectivity index is 3.02. The van der Waals surface area contributed by atoms with Crippen molar-refractivity contribution in [3.8, 4) is 0 Å². The SMILES string of the molecule is CCc1ncc(C(=O)OC)cc1Br. The maximum absolute atomic E-state index is 11.1. The van der Waals surface area contributed by atoms with Gasteiger partial charge in [0.15, 0.2) is 0 Å². The Hall–Kier alpha value is -0.900. The largest absolute Gasteiger partial charge is 0.465 e. The number of ether oxygens (including phenoxy) is 1. The van der Waals surface area contributed by atoms with Crippen LogP contribution in [0.4, 0.5) is 0 Å². The number of carbonyl (C=O) groups excluding carboxylic acids is 1. The fraction of sp³-hybridized carbons (Fsp3) is 0.333. The second-order valence-corrected chi connectivity index (χ2v) is 3.35. The molecule has 0 aliphatic carbocycles. The van der Waals surface area contributed by atoms with Gasteiger partial charge in [0, 0.05) is 10.7 Å². The van der Waals surface area contributed by atoms with Gasteiger partial charge >= 0.3 is 5.97 Å². The summed E-state index contributed by atoms with van der Waals surface area (Å²) in [5.41, 5.74) is 1.40. The van der Waals surface area contributed by atoms with Crippen molar-refractivity contribution in [3.63, 3.8) is 0 Å². The second-order valence-electron chi connectivity index (χ2n) is 2.50. The van der Waals surface area contributed by atoms with Crippen LogP contribution >= 0.6 is 15.9 Å². The predicted molar refractivity (Wildman–Crippen MR) is 52.7 cm³/mol. The van der Waals surface area contributed by atoms with E-state index in [2.05, 4.69) is 25.7 Å². The standard InChI is InChI=1S/C9H10BrNO2/c1-3-8-7(10)4-6(5-11-8)9(12)13-2/h4-5H,3H2,1-2H3. The molecular formula is C9H10BrNO2. The van der Waals surface area contributed by atoms with Gasteiger partial charge in [0.25, 0.3) is 0 Å². The minimum absolute atomic E-state index is 0.365. The van der Waals surface area contributed by atoms with Gasteiger partial charge in [-0.05, 0) is 28.4 Å². The molecule has 70 valence electrons. The topological polar surface area (TPSA) is 39.2 Å². The summed E-state index contributed by atoms with van der Waals surface area (Å²) in [5, 5.41) is 0. The summed E-state index contributed by atoms with van der Waals surface area (Å²) in [6, 6.07) is 1.72. The highest BCUT2D eigenvalue weighted by Gasteiger charge is 2.08. The van der Waals surface area contributed by atoms with Crippen molar-refractivity contribution in [3.05, 3.63) is 28.0 Å². The number of carbonyl (C=O) groups is 1. The first-order valence-corrected chi connectivity index (χ1v) is 4.71. The van der Waals surface area contributed by atoms with Crippen molar-refractivity contribution in [2.24, 2.45) is 0 Å². The number of hydrogen-bond acceptors (Lipinski definition) is 3. The molecule has 0 aromatic carbocycles. The Kier molecular flexibility index (Phi) is 3.42. The fourth-order valence-corrected chi connectivity index (χ4v) is 1.59. The van der Waals surface area contributed by atoms with Gasteiger partial charge in [-0.15, -0.1) is 0 Å². The van der Waals surface area contributed by atoms with Gasteiger partial charge in [0.2, 0.25) is 0 Å². The van der Waals surface area contributed by atoms with Crippen molar-refractivity contribution in [1.82, 2.24) is 4.98 Å². The number of rotatable bonds is 2. The molecule has 0 aliphatic heterocycles. The van der Waals surface area contributed by atoms with Gasteiger partial charge in [-0.3, -0.25) is 4.98 Å². The van der Waals surface area contributed by atoms with Gasteiger partial charge in [0.1, 0.15) is 0 Å². The summed E-state index contributed by atoms with van der Waals surface area (Å²) in [7, 11) is 1.35. The average molecular weight is 244 g/mol. The molecule has 0 bridgehead atoms. The number of halogens is 1. The van der Waals surface area contributed by atoms with Crippen molar-refractivity contribution in [2.75, 3.05) is 7.11 Å². The Morgan fingerprint density at radius 3 is 2.85 bits per heavy atom. The third kappa shape index (κ3) is 2.28. The number of nitrogens with zero attached hydrogens (tertiary/aromatic N) is 1. The van der Waals surface area contributed by atoms with Crippen LogP contribution in [0.1, 0.15) is 23.0 Å². The minimum atomic E-state index is -0.365. The normalized spacial score (nSPS) is 9.77. The average Bonchev–Trinajstić information content (AvgIpc) is 2.16. The van der Waals surface area contributed by atoms with Crippen molar-refractivity contribution in [2.45, 2.75) is 13.3 Å². The Labute approximate surface area is 85.3 Å². The summed E-state index contributed by atoms with van der Waals surface area (Å²) in [6.07, 6.45) is 2.36. The number of aryl methyl sites for hydroxylation is 1. The zero-order chi connectivity index (χ0) is 9.84. The smallest absolute Gasteiger partial charge is 0.339 e. The number of esters is 1. The van der Waals surface area contributed by atoms with Crippen LogP contribution in [0.25, 0.3) is 0 Å². The molecule has 0 atom stereocenters. The highest BCUT2D eigenvalue weighted by atomic mass is 79.9. The van der Waals surface area contributed by atoms with E-state index in [0.717, 1.165) is 16.6 Å². The van der Waals surface area contributed by atoms with Crippen LogP contribution in [0.2, 0.25) is 0 Å². The third-order valence-electron chi connectivity index (χ3n) is 1.67. The van der Waals surface area contributed by atoms with Gasteiger partial charge in [-0.25, -0.2) is 4.79 Å². The first-order chi connectivity index (χ1) is 6.19. The summed E-state index contributed by atoms with van der Waals surface area (Å²) in [4.78, 5) is 15.2. The lowest BCUT2D eigenvalue weighted by molar-refractivity contribution is 0.0600. The zero-order valence-electron chi connectivity index (χ0n) is 7.50. The van der Waals surface area contributed by atoms with Crippen molar-refractivity contribution in [1.29, 1.82) is 0 Å². The first kappa shape index (κ1) is 10.2. The molecule has 1 aromatic rings. The van der Waals surface area contributed by atoms with E-state index < -0.39 is 0 Å². The maximum Gasteiger partial charge on any atom is 0.339 e. The van der Waals surface area contributed by atoms with Gasteiger partial charge in [0.05, 0.1) is 18.4 Å². The van der Waals surface area contributed by atoms with Crippen LogP contribution in [0.5, 0.6) is 0 Å². The number of aromatic nitrogens is 1. The molecule has 0 N–H and O–H groups in total. The van der Waals surface area contributed by atoms with Crippen LogP contribution in [0.3, 0.4) is 0 Å². The summed E-state index contributed by atoms with van der Waals surface area (Å²) in [6.45, 7) is 2.00. The quantitative estimate of drug-likeness (QED) is 0.748. The molecule has 1 heterocycles. The Morgan fingerprint density at radius 1 is 1.69 bits per heavy atom. The van der Waals surface area contributed by atoms with Crippen LogP contribution in [-0.4, -0.2) is 18.1 Å². The molecule has 1 aromatic heterocycles. The van der Waals surface area contributed by atoms with E-state index in [1.54, 1.807) is 6.07 Å².